The van der Waals surface area contributed by atoms with Gasteiger partial charge in [0.2, 0.25) is 5.91 Å². The first kappa shape index (κ1) is 23.7. The summed E-state index contributed by atoms with van der Waals surface area (Å²) in [6.45, 7) is 0. The van der Waals surface area contributed by atoms with Crippen molar-refractivity contribution < 1.29 is 27.9 Å². The van der Waals surface area contributed by atoms with Crippen LogP contribution in [0.1, 0.15) is 24.8 Å². The summed E-state index contributed by atoms with van der Waals surface area (Å²) in [6.07, 6.45) is 0.794. The smallest absolute Gasteiger partial charge is 0.339 e. The van der Waals surface area contributed by atoms with Crippen LogP contribution in [0.4, 0.5) is 20.2 Å². The number of Topliss-reactive ketones (excluding diaryl/α,β-unsaturated/α-hetero) is 1. The molecule has 180 valence electrons. The number of benzene rings is 2. The molecule has 1 amide bonds. The number of allylic oxidation sites excluding steroid dienone is 1. The lowest BCUT2D eigenvalue weighted by atomic mass is 9.63. The van der Waals surface area contributed by atoms with Crippen molar-refractivity contribution in [2.75, 3.05) is 17.3 Å². The van der Waals surface area contributed by atoms with Gasteiger partial charge in [-0.25, -0.2) is 13.6 Å². The van der Waals surface area contributed by atoms with Crippen molar-refractivity contribution in [2.45, 2.75) is 24.7 Å². The molecule has 2 aromatic rings. The Morgan fingerprint density at radius 1 is 1.17 bits per heavy atom. The number of nitrogens with one attached hydrogen (secondary N) is 1. The van der Waals surface area contributed by atoms with Gasteiger partial charge in [0.15, 0.2) is 11.6 Å². The fourth-order valence-corrected chi connectivity index (χ4v) is 6.13. The number of nitrogens with two attached hydrogens (primary N) is 1. The number of halogens is 4. The van der Waals surface area contributed by atoms with Gasteiger partial charge in [-0.1, -0.05) is 15.9 Å². The second-order valence-corrected chi connectivity index (χ2v) is 10.1. The molecule has 3 N–H and O–H groups in total. The van der Waals surface area contributed by atoms with Crippen LogP contribution in [0.5, 0.6) is 0 Å². The summed E-state index contributed by atoms with van der Waals surface area (Å²) >= 11 is 6.58. The first-order valence-electron chi connectivity index (χ1n) is 10.5. The van der Waals surface area contributed by atoms with Crippen molar-refractivity contribution in [1.29, 1.82) is 0 Å². The third kappa shape index (κ3) is 3.21. The van der Waals surface area contributed by atoms with Crippen LogP contribution in [0.3, 0.4) is 0 Å². The molecule has 1 aliphatic carbocycles. The Morgan fingerprint density at radius 2 is 1.91 bits per heavy atom. The molecule has 5 rings (SSSR count). The third-order valence-electron chi connectivity index (χ3n) is 6.47. The van der Waals surface area contributed by atoms with Crippen LogP contribution >= 0.6 is 31.9 Å². The number of esters is 1. The van der Waals surface area contributed by atoms with Crippen LogP contribution in [-0.4, -0.2) is 24.8 Å². The molecule has 1 atom stereocenters. The van der Waals surface area contributed by atoms with E-state index in [4.69, 9.17) is 10.5 Å². The van der Waals surface area contributed by atoms with Crippen LogP contribution < -0.4 is 16.0 Å². The normalized spacial score (nSPS) is 21.3. The molecule has 35 heavy (non-hydrogen) atoms. The number of carbonyl (C=O) groups is 3. The van der Waals surface area contributed by atoms with Gasteiger partial charge in [-0.2, -0.15) is 0 Å². The number of rotatable bonds is 2. The fourth-order valence-electron chi connectivity index (χ4n) is 5.18. The van der Waals surface area contributed by atoms with Gasteiger partial charge in [0.1, 0.15) is 22.6 Å². The van der Waals surface area contributed by atoms with Gasteiger partial charge >= 0.3 is 5.97 Å². The zero-order valence-corrected chi connectivity index (χ0v) is 21.3. The molecule has 2 aliphatic heterocycles. The predicted octanol–water partition coefficient (Wildman–Crippen LogP) is 4.55. The maximum atomic E-state index is 15.2. The van der Waals surface area contributed by atoms with E-state index in [2.05, 4.69) is 37.2 Å². The van der Waals surface area contributed by atoms with E-state index in [1.807, 2.05) is 0 Å². The van der Waals surface area contributed by atoms with Crippen molar-refractivity contribution in [1.82, 2.24) is 0 Å². The van der Waals surface area contributed by atoms with Gasteiger partial charge in [0.25, 0.3) is 0 Å². The van der Waals surface area contributed by atoms with E-state index in [1.165, 1.54) is 4.90 Å². The quantitative estimate of drug-likeness (QED) is 0.485. The Labute approximate surface area is 215 Å². The van der Waals surface area contributed by atoms with E-state index in [0.717, 1.165) is 13.2 Å². The molecule has 2 aromatic carbocycles. The molecule has 11 heteroatoms. The molecule has 0 aromatic heterocycles. The summed E-state index contributed by atoms with van der Waals surface area (Å²) in [7, 11) is 1.12. The molecular weight excluding hydrogens is 592 g/mol. The highest BCUT2D eigenvalue weighted by atomic mass is 79.9. The van der Waals surface area contributed by atoms with E-state index < -0.39 is 28.9 Å². The number of ether oxygens (including phenoxy) is 1. The Bertz CT molecular complexity index is 1400. The number of anilines is 2. The number of amides is 1. The lowest BCUT2D eigenvalue weighted by molar-refractivity contribution is -0.138. The monoisotopic (exact) mass is 607 g/mol. The number of fused-ring (bicyclic) bond motifs is 3. The number of nitrogens with zero attached hydrogens (tertiary/aromatic N) is 1. The van der Waals surface area contributed by atoms with Crippen molar-refractivity contribution in [3.8, 4) is 0 Å². The first-order valence-corrected chi connectivity index (χ1v) is 12.1. The predicted molar refractivity (Wildman–Crippen MR) is 130 cm³/mol. The summed E-state index contributed by atoms with van der Waals surface area (Å²) in [6, 6.07) is 6.72. The van der Waals surface area contributed by atoms with E-state index >= 15 is 4.39 Å². The number of ketones is 1. The Hall–Kier alpha value is -3.05. The zero-order chi connectivity index (χ0) is 25.2. The van der Waals surface area contributed by atoms with Crippen LogP contribution in [-0.2, 0) is 24.5 Å². The van der Waals surface area contributed by atoms with Gasteiger partial charge < -0.3 is 15.8 Å². The second-order valence-electron chi connectivity index (χ2n) is 8.30. The number of carbonyl (C=O) groups excluding carboxylic acids is 3. The molecule has 0 saturated carbocycles. The third-order valence-corrected chi connectivity index (χ3v) is 7.57. The highest BCUT2D eigenvalue weighted by Crippen LogP contribution is 2.56. The summed E-state index contributed by atoms with van der Waals surface area (Å²) in [5.74, 6) is -4.07. The summed E-state index contributed by atoms with van der Waals surface area (Å²) < 4.78 is 34.7. The van der Waals surface area contributed by atoms with Crippen molar-refractivity contribution in [2.24, 2.45) is 5.73 Å². The summed E-state index contributed by atoms with van der Waals surface area (Å²) in [5, 5.41) is 2.76. The van der Waals surface area contributed by atoms with Crippen molar-refractivity contribution >= 4 is 60.9 Å². The van der Waals surface area contributed by atoms with Crippen molar-refractivity contribution in [3.63, 3.8) is 0 Å². The van der Waals surface area contributed by atoms with E-state index in [-0.39, 0.29) is 51.4 Å². The van der Waals surface area contributed by atoms with Gasteiger partial charge in [0.05, 0.1) is 12.8 Å². The molecular formula is C24H17Br2F2N3O4. The Kier molecular flexibility index (Phi) is 5.59. The SMILES string of the molecule is COC(=O)C1=C(N)N(c2c(F)cc(F)cc2Br)C2=C(C(=O)CCC2)C12C(=O)Nc1ccc(Br)cc12. The molecule has 7 nitrogen and oxygen atoms in total. The maximum Gasteiger partial charge on any atom is 0.339 e. The molecule has 3 aliphatic rings. The number of hydrogen-bond acceptors (Lipinski definition) is 6. The lowest BCUT2D eigenvalue weighted by Gasteiger charge is -2.44. The maximum absolute atomic E-state index is 15.2. The van der Waals surface area contributed by atoms with E-state index in [9.17, 15) is 18.8 Å². The minimum absolute atomic E-state index is 0.0157. The van der Waals surface area contributed by atoms with Crippen LogP contribution in [0.15, 0.2) is 61.9 Å². The van der Waals surface area contributed by atoms with Gasteiger partial charge in [0, 0.05) is 44.0 Å². The molecule has 1 spiro atoms. The van der Waals surface area contributed by atoms with E-state index in [0.29, 0.717) is 28.2 Å². The van der Waals surface area contributed by atoms with Crippen molar-refractivity contribution in [3.05, 3.63) is 79.1 Å². The van der Waals surface area contributed by atoms with Gasteiger partial charge in [-0.15, -0.1) is 0 Å². The zero-order valence-electron chi connectivity index (χ0n) is 18.2. The molecule has 1 unspecified atom stereocenters. The molecule has 0 fully saturated rings. The molecule has 0 radical (unpaired) electrons. The topological polar surface area (TPSA) is 102 Å². The average Bonchev–Trinajstić information content (AvgIpc) is 3.06. The van der Waals surface area contributed by atoms with Crippen LogP contribution in [0.2, 0.25) is 0 Å². The van der Waals surface area contributed by atoms with Gasteiger partial charge in [-0.05, 0) is 53.0 Å². The largest absolute Gasteiger partial charge is 0.466 e. The first-order chi connectivity index (χ1) is 16.6. The van der Waals surface area contributed by atoms with Crippen LogP contribution in [0, 0.1) is 11.6 Å². The van der Waals surface area contributed by atoms with Gasteiger partial charge in [-0.3, -0.25) is 14.5 Å². The fraction of sp³-hybridized carbons (Fsp3) is 0.208. The minimum atomic E-state index is -1.90. The standard InChI is InChI=1S/C24H17Br2F2N3O4/c1-35-22(33)19-21(29)31(20-13(26)8-11(27)9-14(20)28)16-3-2-4-17(32)18(16)24(19)12-7-10(25)5-6-15(12)30-23(24)34/h5-9H,2-4,29H2,1H3,(H,30,34). The lowest BCUT2D eigenvalue weighted by Crippen LogP contribution is -2.53. The molecule has 0 saturated heterocycles. The minimum Gasteiger partial charge on any atom is -0.466 e. The summed E-state index contributed by atoms with van der Waals surface area (Å²) in [4.78, 5) is 41.8. The molecule has 2 heterocycles. The second kappa shape index (κ2) is 8.27. The number of methoxy groups -OCH3 is 1. The van der Waals surface area contributed by atoms with Crippen LogP contribution in [0.25, 0.3) is 0 Å². The Balaban J connectivity index is 1.95. The highest BCUT2D eigenvalue weighted by Gasteiger charge is 2.62. The average molecular weight is 609 g/mol. The van der Waals surface area contributed by atoms with E-state index in [1.54, 1.807) is 18.2 Å². The highest BCUT2D eigenvalue weighted by molar-refractivity contribution is 9.10. The summed E-state index contributed by atoms with van der Waals surface area (Å²) in [5.41, 5.74) is 5.19. The Morgan fingerprint density at radius 3 is 2.60 bits per heavy atom. The molecule has 0 bridgehead atoms. The number of hydrogen-bond donors (Lipinski definition) is 2.